The highest BCUT2D eigenvalue weighted by atomic mass is 32.2. The van der Waals surface area contributed by atoms with Crippen LogP contribution in [-0.4, -0.2) is 20.9 Å². The first-order valence-electron chi connectivity index (χ1n) is 4.91. The zero-order valence-electron chi connectivity index (χ0n) is 8.41. The predicted molar refractivity (Wildman–Crippen MR) is 64.3 cm³/mol. The fourth-order valence-corrected chi connectivity index (χ4v) is 4.02. The Bertz CT molecular complexity index is 463. The van der Waals surface area contributed by atoms with Gasteiger partial charge in [-0.05, 0) is 30.7 Å². The molecule has 0 radical (unpaired) electrons. The molecule has 0 aromatic carbocycles. The largest absolute Gasteiger partial charge is 0.263 e. The van der Waals surface area contributed by atoms with Gasteiger partial charge in [0.05, 0.1) is 4.88 Å². The van der Waals surface area contributed by atoms with Crippen LogP contribution in [0.4, 0.5) is 0 Å². The Morgan fingerprint density at radius 2 is 2.40 bits per heavy atom. The highest BCUT2D eigenvalue weighted by Gasteiger charge is 2.16. The van der Waals surface area contributed by atoms with Gasteiger partial charge >= 0.3 is 0 Å². The maximum Gasteiger partial charge on any atom is 0.191 e. The molecule has 15 heavy (non-hydrogen) atoms. The summed E-state index contributed by atoms with van der Waals surface area (Å²) in [5.74, 6) is 4.12. The minimum atomic E-state index is 0.844. The van der Waals surface area contributed by atoms with E-state index in [0.717, 1.165) is 17.4 Å². The molecule has 0 spiro atoms. The molecule has 3 nitrogen and oxygen atoms in total. The van der Waals surface area contributed by atoms with E-state index in [2.05, 4.69) is 21.2 Å². The van der Waals surface area contributed by atoms with E-state index < -0.39 is 0 Å². The molecule has 0 fully saturated rings. The number of nitrogens with zero attached hydrogens (tertiary/aromatic N) is 2. The average Bonchev–Trinajstić information content (AvgIpc) is 2.82. The molecular formula is C10H11N3S2. The summed E-state index contributed by atoms with van der Waals surface area (Å²) < 4.78 is 0. The summed E-state index contributed by atoms with van der Waals surface area (Å²) in [4.78, 5) is 7.08. The smallest absolute Gasteiger partial charge is 0.191 e. The lowest BCUT2D eigenvalue weighted by Gasteiger charge is -2.08. The monoisotopic (exact) mass is 237 g/mol. The SMILES string of the molecule is Cc1nc(-c2cc3c(s2)CCSC3)n[nH]1. The van der Waals surface area contributed by atoms with E-state index in [0.29, 0.717) is 0 Å². The highest BCUT2D eigenvalue weighted by molar-refractivity contribution is 7.98. The Balaban J connectivity index is 2.02. The first kappa shape index (κ1) is 9.42. The number of rotatable bonds is 1. The van der Waals surface area contributed by atoms with Crippen LogP contribution in [-0.2, 0) is 12.2 Å². The van der Waals surface area contributed by atoms with Gasteiger partial charge in [-0.3, -0.25) is 5.10 Å². The maximum atomic E-state index is 4.36. The molecule has 2 aromatic rings. The molecule has 0 atom stereocenters. The molecule has 0 bridgehead atoms. The van der Waals surface area contributed by atoms with Crippen molar-refractivity contribution in [2.45, 2.75) is 19.1 Å². The van der Waals surface area contributed by atoms with Crippen LogP contribution < -0.4 is 0 Å². The van der Waals surface area contributed by atoms with Crippen LogP contribution in [0, 0.1) is 6.92 Å². The van der Waals surface area contributed by atoms with Crippen molar-refractivity contribution in [2.75, 3.05) is 5.75 Å². The van der Waals surface area contributed by atoms with Crippen molar-refractivity contribution >= 4 is 23.1 Å². The van der Waals surface area contributed by atoms with Gasteiger partial charge in [-0.25, -0.2) is 4.98 Å². The van der Waals surface area contributed by atoms with E-state index in [1.165, 1.54) is 27.5 Å². The average molecular weight is 237 g/mol. The van der Waals surface area contributed by atoms with Gasteiger partial charge in [0, 0.05) is 10.6 Å². The summed E-state index contributed by atoms with van der Waals surface area (Å²) in [5.41, 5.74) is 1.48. The van der Waals surface area contributed by atoms with Crippen LogP contribution >= 0.6 is 23.1 Å². The fourth-order valence-electron chi connectivity index (χ4n) is 1.71. The molecule has 0 saturated carbocycles. The second-order valence-corrected chi connectivity index (χ2v) is 5.85. The number of aryl methyl sites for hydroxylation is 2. The standard InChI is InChI=1S/C10H11N3S2/c1-6-11-10(13-12-6)9-4-7-5-14-3-2-8(7)15-9/h4H,2-3,5H2,1H3,(H,11,12,13). The number of nitrogens with one attached hydrogen (secondary N) is 1. The Morgan fingerprint density at radius 3 is 3.13 bits per heavy atom. The summed E-state index contributed by atoms with van der Waals surface area (Å²) in [6, 6.07) is 2.24. The predicted octanol–water partition coefficient (Wildman–Crippen LogP) is 2.63. The van der Waals surface area contributed by atoms with E-state index in [1.807, 2.05) is 30.0 Å². The van der Waals surface area contributed by atoms with Crippen molar-refractivity contribution in [3.05, 3.63) is 22.3 Å². The van der Waals surface area contributed by atoms with E-state index in [9.17, 15) is 0 Å². The lowest BCUT2D eigenvalue weighted by Crippen LogP contribution is -1.96. The maximum absolute atomic E-state index is 4.36. The highest BCUT2D eigenvalue weighted by Crippen LogP contribution is 2.35. The van der Waals surface area contributed by atoms with Crippen molar-refractivity contribution in [2.24, 2.45) is 0 Å². The Labute approximate surface area is 96.3 Å². The lowest BCUT2D eigenvalue weighted by atomic mass is 10.2. The summed E-state index contributed by atoms with van der Waals surface area (Å²) >= 11 is 3.85. The van der Waals surface area contributed by atoms with Gasteiger partial charge in [-0.15, -0.1) is 11.3 Å². The molecule has 1 aliphatic rings. The van der Waals surface area contributed by atoms with Crippen LogP contribution in [0.5, 0.6) is 0 Å². The molecule has 2 aromatic heterocycles. The molecule has 0 saturated heterocycles. The van der Waals surface area contributed by atoms with Crippen molar-refractivity contribution in [3.63, 3.8) is 0 Å². The molecule has 5 heteroatoms. The lowest BCUT2D eigenvalue weighted by molar-refractivity contribution is 1.04. The van der Waals surface area contributed by atoms with Gasteiger partial charge in [0.25, 0.3) is 0 Å². The first-order valence-corrected chi connectivity index (χ1v) is 6.89. The molecule has 0 unspecified atom stereocenters. The number of hydrogen-bond donors (Lipinski definition) is 1. The van der Waals surface area contributed by atoms with Crippen LogP contribution in [0.25, 0.3) is 10.7 Å². The molecule has 0 aliphatic carbocycles. The Kier molecular flexibility index (Phi) is 2.29. The second kappa shape index (κ2) is 3.64. The topological polar surface area (TPSA) is 41.6 Å². The summed E-state index contributed by atoms with van der Waals surface area (Å²) in [6.45, 7) is 1.93. The third kappa shape index (κ3) is 1.70. The van der Waals surface area contributed by atoms with Crippen molar-refractivity contribution in [1.29, 1.82) is 0 Å². The zero-order chi connectivity index (χ0) is 10.3. The Morgan fingerprint density at radius 1 is 1.47 bits per heavy atom. The summed E-state index contributed by atoms with van der Waals surface area (Å²) in [7, 11) is 0. The van der Waals surface area contributed by atoms with Gasteiger partial charge < -0.3 is 0 Å². The molecule has 3 rings (SSSR count). The minimum Gasteiger partial charge on any atom is -0.263 e. The van der Waals surface area contributed by atoms with E-state index in [1.54, 1.807) is 0 Å². The molecule has 1 aliphatic heterocycles. The molecule has 0 amide bonds. The number of thioether (sulfide) groups is 1. The summed E-state index contributed by atoms with van der Waals surface area (Å²) in [6.07, 6.45) is 1.20. The zero-order valence-corrected chi connectivity index (χ0v) is 10.0. The van der Waals surface area contributed by atoms with Gasteiger partial charge in [0.1, 0.15) is 5.82 Å². The van der Waals surface area contributed by atoms with Crippen molar-refractivity contribution in [3.8, 4) is 10.7 Å². The number of aromatic amines is 1. The summed E-state index contributed by atoms with van der Waals surface area (Å²) in [5, 5.41) is 7.08. The third-order valence-corrected chi connectivity index (χ3v) is 4.69. The fraction of sp³-hybridized carbons (Fsp3) is 0.400. The first-order chi connectivity index (χ1) is 7.33. The molecule has 3 heterocycles. The number of fused-ring (bicyclic) bond motifs is 1. The van der Waals surface area contributed by atoms with E-state index >= 15 is 0 Å². The van der Waals surface area contributed by atoms with Gasteiger partial charge in [-0.1, -0.05) is 0 Å². The molecular weight excluding hydrogens is 226 g/mol. The van der Waals surface area contributed by atoms with Gasteiger partial charge in [0.15, 0.2) is 5.82 Å². The second-order valence-electron chi connectivity index (χ2n) is 3.61. The van der Waals surface area contributed by atoms with Crippen LogP contribution in [0.2, 0.25) is 0 Å². The molecule has 1 N–H and O–H groups in total. The van der Waals surface area contributed by atoms with E-state index in [-0.39, 0.29) is 0 Å². The van der Waals surface area contributed by atoms with Crippen LogP contribution in [0.3, 0.4) is 0 Å². The normalized spacial score (nSPS) is 15.3. The van der Waals surface area contributed by atoms with Crippen molar-refractivity contribution in [1.82, 2.24) is 15.2 Å². The molecule has 78 valence electrons. The quantitative estimate of drug-likeness (QED) is 0.829. The van der Waals surface area contributed by atoms with Crippen molar-refractivity contribution < 1.29 is 0 Å². The number of aromatic nitrogens is 3. The Hall–Kier alpha value is -0.810. The van der Waals surface area contributed by atoms with E-state index in [4.69, 9.17) is 0 Å². The number of thiophene rings is 1. The van der Waals surface area contributed by atoms with Gasteiger partial charge in [-0.2, -0.15) is 16.9 Å². The third-order valence-electron chi connectivity index (χ3n) is 2.45. The minimum absolute atomic E-state index is 0.844. The van der Waals surface area contributed by atoms with Gasteiger partial charge in [0.2, 0.25) is 0 Å². The number of hydrogen-bond acceptors (Lipinski definition) is 4. The number of H-pyrrole nitrogens is 1. The van der Waals surface area contributed by atoms with Crippen LogP contribution in [0.1, 0.15) is 16.3 Å². The van der Waals surface area contributed by atoms with Crippen LogP contribution in [0.15, 0.2) is 6.07 Å².